The highest BCUT2D eigenvalue weighted by Gasteiger charge is 2.36. The SMILES string of the molecule is NC(=O)C(NCC1CCCO1)c1ccccc1C(F)(F)F. The average Bonchev–Trinajstić information content (AvgIpc) is 2.91. The Kier molecular flexibility index (Phi) is 4.84. The molecule has 116 valence electrons. The van der Waals surface area contributed by atoms with E-state index in [-0.39, 0.29) is 11.7 Å². The van der Waals surface area contributed by atoms with Crippen LogP contribution in [-0.2, 0) is 15.7 Å². The third kappa shape index (κ3) is 3.95. The number of primary amides is 1. The predicted octanol–water partition coefficient (Wildman–Crippen LogP) is 2.00. The van der Waals surface area contributed by atoms with Crippen LogP contribution in [-0.4, -0.2) is 25.2 Å². The first-order chi connectivity index (χ1) is 9.89. The molecule has 1 aromatic carbocycles. The summed E-state index contributed by atoms with van der Waals surface area (Å²) in [6.07, 6.45) is -2.90. The molecule has 21 heavy (non-hydrogen) atoms. The number of hydrogen-bond acceptors (Lipinski definition) is 3. The molecule has 1 saturated heterocycles. The number of nitrogens with two attached hydrogens (primary N) is 1. The lowest BCUT2D eigenvalue weighted by atomic mass is 9.99. The van der Waals surface area contributed by atoms with E-state index >= 15 is 0 Å². The quantitative estimate of drug-likeness (QED) is 0.874. The molecule has 1 fully saturated rings. The van der Waals surface area contributed by atoms with Crippen LogP contribution in [0, 0.1) is 0 Å². The molecule has 7 heteroatoms. The van der Waals surface area contributed by atoms with Crippen molar-refractivity contribution in [3.05, 3.63) is 35.4 Å². The molecule has 1 aromatic rings. The third-order valence-corrected chi connectivity index (χ3v) is 3.44. The van der Waals surface area contributed by atoms with Gasteiger partial charge >= 0.3 is 6.18 Å². The lowest BCUT2D eigenvalue weighted by Crippen LogP contribution is -2.38. The molecule has 1 aliphatic heterocycles. The molecule has 1 heterocycles. The van der Waals surface area contributed by atoms with E-state index in [1.165, 1.54) is 18.2 Å². The molecule has 0 radical (unpaired) electrons. The predicted molar refractivity (Wildman–Crippen MR) is 70.4 cm³/mol. The van der Waals surface area contributed by atoms with Crippen LogP contribution in [0.2, 0.25) is 0 Å². The van der Waals surface area contributed by atoms with Gasteiger partial charge in [0.15, 0.2) is 0 Å². The number of alkyl halides is 3. The maximum absolute atomic E-state index is 13.0. The van der Waals surface area contributed by atoms with E-state index in [2.05, 4.69) is 5.32 Å². The minimum absolute atomic E-state index is 0.0927. The van der Waals surface area contributed by atoms with Gasteiger partial charge in [-0.1, -0.05) is 18.2 Å². The van der Waals surface area contributed by atoms with Crippen LogP contribution < -0.4 is 11.1 Å². The van der Waals surface area contributed by atoms with Crippen LogP contribution >= 0.6 is 0 Å². The van der Waals surface area contributed by atoms with Crippen LogP contribution in [0.25, 0.3) is 0 Å². The maximum atomic E-state index is 13.0. The molecule has 2 atom stereocenters. The highest BCUT2D eigenvalue weighted by molar-refractivity contribution is 5.82. The van der Waals surface area contributed by atoms with E-state index in [4.69, 9.17) is 10.5 Å². The second-order valence-corrected chi connectivity index (χ2v) is 4.96. The van der Waals surface area contributed by atoms with Crippen molar-refractivity contribution in [2.24, 2.45) is 5.73 Å². The van der Waals surface area contributed by atoms with Crippen LogP contribution in [0.4, 0.5) is 13.2 Å². The summed E-state index contributed by atoms with van der Waals surface area (Å²) in [5, 5.41) is 2.79. The monoisotopic (exact) mass is 302 g/mol. The number of halogens is 3. The molecule has 1 aliphatic rings. The zero-order valence-corrected chi connectivity index (χ0v) is 11.3. The van der Waals surface area contributed by atoms with E-state index in [0.717, 1.165) is 18.9 Å². The Balaban J connectivity index is 2.19. The van der Waals surface area contributed by atoms with Gasteiger partial charge in [0.25, 0.3) is 0 Å². The lowest BCUT2D eigenvalue weighted by Gasteiger charge is -2.21. The van der Waals surface area contributed by atoms with Gasteiger partial charge in [0, 0.05) is 13.2 Å². The smallest absolute Gasteiger partial charge is 0.377 e. The second-order valence-electron chi connectivity index (χ2n) is 4.96. The summed E-state index contributed by atoms with van der Waals surface area (Å²) >= 11 is 0. The molecule has 2 rings (SSSR count). The van der Waals surface area contributed by atoms with Gasteiger partial charge in [0.2, 0.25) is 5.91 Å². The molecule has 0 spiro atoms. The first-order valence-corrected chi connectivity index (χ1v) is 6.70. The fourth-order valence-corrected chi connectivity index (χ4v) is 2.43. The number of rotatable bonds is 5. The van der Waals surface area contributed by atoms with Crippen molar-refractivity contribution in [1.82, 2.24) is 5.32 Å². The Bertz CT molecular complexity index is 499. The summed E-state index contributed by atoms with van der Waals surface area (Å²) in [6, 6.07) is 3.76. The number of ether oxygens (including phenoxy) is 1. The van der Waals surface area contributed by atoms with Gasteiger partial charge in [0.05, 0.1) is 11.7 Å². The van der Waals surface area contributed by atoms with E-state index in [1.54, 1.807) is 0 Å². The summed E-state index contributed by atoms with van der Waals surface area (Å²) in [5.41, 5.74) is 4.25. The highest BCUT2D eigenvalue weighted by Crippen LogP contribution is 2.34. The van der Waals surface area contributed by atoms with Crippen LogP contribution in [0.15, 0.2) is 24.3 Å². The first kappa shape index (κ1) is 15.8. The van der Waals surface area contributed by atoms with Crippen molar-refractivity contribution in [3.63, 3.8) is 0 Å². The fourth-order valence-electron chi connectivity index (χ4n) is 2.43. The van der Waals surface area contributed by atoms with Crippen molar-refractivity contribution < 1.29 is 22.7 Å². The van der Waals surface area contributed by atoms with Gasteiger partial charge in [-0.2, -0.15) is 13.2 Å². The van der Waals surface area contributed by atoms with E-state index in [1.807, 2.05) is 0 Å². The normalized spacial score (nSPS) is 20.4. The molecule has 0 saturated carbocycles. The Morgan fingerprint density at radius 1 is 1.43 bits per heavy atom. The minimum atomic E-state index is -4.53. The number of amides is 1. The lowest BCUT2D eigenvalue weighted by molar-refractivity contribution is -0.138. The summed E-state index contributed by atoms with van der Waals surface area (Å²) in [5.74, 6) is -0.843. The first-order valence-electron chi connectivity index (χ1n) is 6.70. The minimum Gasteiger partial charge on any atom is -0.377 e. The standard InChI is InChI=1S/C14H17F3N2O2/c15-14(16,17)11-6-2-1-5-10(11)12(13(18)20)19-8-9-4-3-7-21-9/h1-2,5-6,9,12,19H,3-4,7-8H2,(H2,18,20). The molecular weight excluding hydrogens is 285 g/mol. The number of carbonyl (C=O) groups is 1. The van der Waals surface area contributed by atoms with Crippen molar-refractivity contribution in [1.29, 1.82) is 0 Å². The van der Waals surface area contributed by atoms with Gasteiger partial charge in [-0.25, -0.2) is 0 Å². The second kappa shape index (κ2) is 6.44. The van der Waals surface area contributed by atoms with Gasteiger partial charge in [-0.05, 0) is 24.5 Å². The zero-order chi connectivity index (χ0) is 15.5. The largest absolute Gasteiger partial charge is 0.416 e. The van der Waals surface area contributed by atoms with Crippen molar-refractivity contribution in [2.75, 3.05) is 13.2 Å². The van der Waals surface area contributed by atoms with Crippen molar-refractivity contribution >= 4 is 5.91 Å². The Morgan fingerprint density at radius 2 is 2.14 bits per heavy atom. The van der Waals surface area contributed by atoms with E-state index in [0.29, 0.717) is 13.2 Å². The number of benzene rings is 1. The zero-order valence-electron chi connectivity index (χ0n) is 11.3. The summed E-state index contributed by atoms with van der Waals surface area (Å²) in [4.78, 5) is 11.5. The van der Waals surface area contributed by atoms with E-state index in [9.17, 15) is 18.0 Å². The molecule has 3 N–H and O–H groups in total. The van der Waals surface area contributed by atoms with Gasteiger partial charge in [0.1, 0.15) is 6.04 Å². The highest BCUT2D eigenvalue weighted by atomic mass is 19.4. The van der Waals surface area contributed by atoms with Gasteiger partial charge in [-0.15, -0.1) is 0 Å². The summed E-state index contributed by atoms with van der Waals surface area (Å²) < 4.78 is 44.4. The molecule has 1 amide bonds. The van der Waals surface area contributed by atoms with Gasteiger partial charge < -0.3 is 10.5 Å². The van der Waals surface area contributed by atoms with Crippen LogP contribution in [0.5, 0.6) is 0 Å². The molecule has 2 unspecified atom stereocenters. The summed E-state index contributed by atoms with van der Waals surface area (Å²) in [7, 11) is 0. The molecular formula is C14H17F3N2O2. The molecule has 0 aromatic heterocycles. The Morgan fingerprint density at radius 3 is 2.71 bits per heavy atom. The number of carbonyl (C=O) groups excluding carboxylic acids is 1. The molecule has 0 bridgehead atoms. The van der Waals surface area contributed by atoms with Crippen LogP contribution in [0.1, 0.15) is 30.0 Å². The number of hydrogen-bond donors (Lipinski definition) is 2. The molecule has 0 aliphatic carbocycles. The van der Waals surface area contributed by atoms with Crippen molar-refractivity contribution in [3.8, 4) is 0 Å². The van der Waals surface area contributed by atoms with Crippen molar-refractivity contribution in [2.45, 2.75) is 31.2 Å². The fraction of sp³-hybridized carbons (Fsp3) is 0.500. The molecule has 4 nitrogen and oxygen atoms in total. The summed E-state index contributed by atoms with van der Waals surface area (Å²) in [6.45, 7) is 0.923. The maximum Gasteiger partial charge on any atom is 0.416 e. The average molecular weight is 302 g/mol. The topological polar surface area (TPSA) is 64.4 Å². The van der Waals surface area contributed by atoms with Crippen LogP contribution in [0.3, 0.4) is 0 Å². The Labute approximate surface area is 120 Å². The number of nitrogens with one attached hydrogen (secondary N) is 1. The Hall–Kier alpha value is -1.60. The van der Waals surface area contributed by atoms with Gasteiger partial charge in [-0.3, -0.25) is 10.1 Å². The van der Waals surface area contributed by atoms with E-state index < -0.39 is 23.7 Å². The third-order valence-electron chi connectivity index (χ3n) is 3.44.